The second kappa shape index (κ2) is 7.69. The molecule has 2 N–H and O–H groups in total. The van der Waals surface area contributed by atoms with Crippen molar-refractivity contribution in [1.29, 1.82) is 15.8 Å². The SMILES string of the molecule is CC(C)(C)OC(=O)N1CC=C2[C@H](C1)[C@H](c1ccc(Cl)s1)C(C#N)=C(N)C2(C#N)C#N. The summed E-state index contributed by atoms with van der Waals surface area (Å²) in [5, 5.41) is 29.7. The number of allylic oxidation sites excluding steroid dienone is 2. The Bertz CT molecular complexity index is 1060. The number of nitrogens with two attached hydrogens (primary N) is 1. The summed E-state index contributed by atoms with van der Waals surface area (Å²) in [6.45, 7) is 5.70. The van der Waals surface area contributed by atoms with Crippen LogP contribution in [0, 0.1) is 45.3 Å². The second-order valence-corrected chi connectivity index (χ2v) is 9.93. The molecule has 1 amide bonds. The van der Waals surface area contributed by atoms with Crippen LogP contribution in [0.2, 0.25) is 4.34 Å². The molecule has 0 radical (unpaired) electrons. The number of carbonyl (C=O) groups is 1. The molecule has 2 aliphatic rings. The third-order valence-corrected chi connectivity index (χ3v) is 6.51. The lowest BCUT2D eigenvalue weighted by atomic mass is 9.61. The molecule has 3 rings (SSSR count). The van der Waals surface area contributed by atoms with E-state index in [0.29, 0.717) is 9.91 Å². The predicted molar refractivity (Wildman–Crippen MR) is 112 cm³/mol. The van der Waals surface area contributed by atoms with E-state index in [0.717, 1.165) is 4.88 Å². The third-order valence-electron chi connectivity index (χ3n) is 5.20. The summed E-state index contributed by atoms with van der Waals surface area (Å²) < 4.78 is 6.03. The third kappa shape index (κ3) is 3.52. The Hall–Kier alpha value is -2.99. The Labute approximate surface area is 184 Å². The van der Waals surface area contributed by atoms with Crippen molar-refractivity contribution in [2.24, 2.45) is 17.1 Å². The molecule has 1 aliphatic carbocycles. The quantitative estimate of drug-likeness (QED) is 0.654. The Morgan fingerprint density at radius 2 is 2.00 bits per heavy atom. The molecule has 0 saturated heterocycles. The van der Waals surface area contributed by atoms with Crippen molar-refractivity contribution in [3.63, 3.8) is 0 Å². The van der Waals surface area contributed by atoms with Gasteiger partial charge in [-0.25, -0.2) is 4.79 Å². The number of nitriles is 3. The van der Waals surface area contributed by atoms with Gasteiger partial charge in [0.1, 0.15) is 5.60 Å². The molecule has 0 bridgehead atoms. The fourth-order valence-electron chi connectivity index (χ4n) is 3.93. The minimum absolute atomic E-state index is 0.0576. The van der Waals surface area contributed by atoms with Crippen LogP contribution in [0.25, 0.3) is 0 Å². The molecule has 154 valence electrons. The topological polar surface area (TPSA) is 127 Å². The first-order valence-corrected chi connectivity index (χ1v) is 10.4. The largest absolute Gasteiger partial charge is 0.444 e. The van der Waals surface area contributed by atoms with Gasteiger partial charge in [0, 0.05) is 29.8 Å². The maximum atomic E-state index is 12.7. The van der Waals surface area contributed by atoms with Crippen molar-refractivity contribution in [3.05, 3.63) is 44.3 Å². The van der Waals surface area contributed by atoms with Crippen molar-refractivity contribution in [2.45, 2.75) is 32.3 Å². The summed E-state index contributed by atoms with van der Waals surface area (Å²) in [7, 11) is 0. The first kappa shape index (κ1) is 21.7. The summed E-state index contributed by atoms with van der Waals surface area (Å²) in [5.74, 6) is -0.999. The zero-order chi connectivity index (χ0) is 22.3. The van der Waals surface area contributed by atoms with Crippen LogP contribution in [0.1, 0.15) is 31.6 Å². The lowest BCUT2D eigenvalue weighted by Crippen LogP contribution is -2.49. The zero-order valence-corrected chi connectivity index (χ0v) is 18.3. The molecule has 0 unspecified atom stereocenters. The molecular formula is C21H20ClN5O2S. The molecule has 9 heteroatoms. The molecule has 30 heavy (non-hydrogen) atoms. The highest BCUT2D eigenvalue weighted by atomic mass is 35.5. The first-order valence-electron chi connectivity index (χ1n) is 9.24. The molecule has 1 aromatic heterocycles. The van der Waals surface area contributed by atoms with Crippen molar-refractivity contribution >= 4 is 29.0 Å². The molecule has 2 atom stereocenters. The molecule has 2 heterocycles. The predicted octanol–water partition coefficient (Wildman–Crippen LogP) is 4.06. The standard InChI is InChI=1S/C21H20ClN5O2S/c1-20(2,3)29-19(28)27-7-6-14-13(9-27)17(15-4-5-16(22)30-15)12(8-23)18(26)21(14,10-24)11-25/h4-6,13,17H,7,9,26H2,1-3H3/t13-,17+/m0/s1. The molecule has 0 aromatic carbocycles. The zero-order valence-electron chi connectivity index (χ0n) is 16.8. The Morgan fingerprint density at radius 3 is 2.50 bits per heavy atom. The number of amides is 1. The van der Waals surface area contributed by atoms with Gasteiger partial charge in [-0.3, -0.25) is 0 Å². The van der Waals surface area contributed by atoms with Crippen molar-refractivity contribution in [1.82, 2.24) is 4.90 Å². The van der Waals surface area contributed by atoms with Gasteiger partial charge >= 0.3 is 6.09 Å². The van der Waals surface area contributed by atoms with E-state index < -0.39 is 28.9 Å². The maximum Gasteiger partial charge on any atom is 0.410 e. The van der Waals surface area contributed by atoms with Crippen LogP contribution in [0.15, 0.2) is 35.1 Å². The van der Waals surface area contributed by atoms with Crippen LogP contribution in [-0.2, 0) is 4.74 Å². The minimum Gasteiger partial charge on any atom is -0.444 e. The Balaban J connectivity index is 2.16. The monoisotopic (exact) mass is 441 g/mol. The van der Waals surface area contributed by atoms with Gasteiger partial charge in [-0.15, -0.1) is 11.3 Å². The van der Waals surface area contributed by atoms with E-state index >= 15 is 0 Å². The Morgan fingerprint density at radius 1 is 1.33 bits per heavy atom. The van der Waals surface area contributed by atoms with Gasteiger partial charge in [-0.2, -0.15) is 15.8 Å². The van der Waals surface area contributed by atoms with Gasteiger partial charge < -0.3 is 15.4 Å². The van der Waals surface area contributed by atoms with Gasteiger partial charge in [0.15, 0.2) is 0 Å². The fraction of sp³-hybridized carbons (Fsp3) is 0.429. The summed E-state index contributed by atoms with van der Waals surface area (Å²) in [6.07, 6.45) is 1.19. The molecule has 7 nitrogen and oxygen atoms in total. The van der Waals surface area contributed by atoms with E-state index in [2.05, 4.69) is 6.07 Å². The van der Waals surface area contributed by atoms with Gasteiger partial charge in [0.05, 0.1) is 33.8 Å². The molecule has 0 fully saturated rings. The number of hydrogen-bond donors (Lipinski definition) is 1. The maximum absolute atomic E-state index is 12.7. The number of fused-ring (bicyclic) bond motifs is 1. The van der Waals surface area contributed by atoms with Gasteiger partial charge in [-0.1, -0.05) is 17.7 Å². The van der Waals surface area contributed by atoms with Crippen LogP contribution in [0.3, 0.4) is 0 Å². The highest BCUT2D eigenvalue weighted by Crippen LogP contribution is 2.54. The summed E-state index contributed by atoms with van der Waals surface area (Å²) in [5.41, 5.74) is 4.45. The fourth-order valence-corrected chi connectivity index (χ4v) is 5.17. The normalized spacial score (nSPS) is 22.8. The molecular weight excluding hydrogens is 422 g/mol. The average molecular weight is 442 g/mol. The van der Waals surface area contributed by atoms with Gasteiger partial charge in [-0.05, 0) is 38.5 Å². The number of thiophene rings is 1. The molecule has 1 aromatic rings. The van der Waals surface area contributed by atoms with Crippen LogP contribution < -0.4 is 5.73 Å². The summed E-state index contributed by atoms with van der Waals surface area (Å²) in [6, 6.07) is 9.67. The Kier molecular flexibility index (Phi) is 5.56. The van der Waals surface area contributed by atoms with Crippen LogP contribution in [0.5, 0.6) is 0 Å². The van der Waals surface area contributed by atoms with Gasteiger partial charge in [0.25, 0.3) is 0 Å². The van der Waals surface area contributed by atoms with E-state index in [9.17, 15) is 20.6 Å². The van der Waals surface area contributed by atoms with E-state index in [1.54, 1.807) is 39.0 Å². The van der Waals surface area contributed by atoms with Crippen LogP contribution in [0.4, 0.5) is 4.79 Å². The van der Waals surface area contributed by atoms with Crippen LogP contribution in [-0.4, -0.2) is 29.7 Å². The molecule has 0 spiro atoms. The highest BCUT2D eigenvalue weighted by Gasteiger charge is 2.53. The van der Waals surface area contributed by atoms with Crippen LogP contribution >= 0.6 is 22.9 Å². The highest BCUT2D eigenvalue weighted by molar-refractivity contribution is 7.16. The van der Waals surface area contributed by atoms with Gasteiger partial charge in [0.2, 0.25) is 5.41 Å². The average Bonchev–Trinajstić information content (AvgIpc) is 3.11. The smallest absolute Gasteiger partial charge is 0.410 e. The van der Waals surface area contributed by atoms with Crippen molar-refractivity contribution < 1.29 is 9.53 Å². The molecule has 1 aliphatic heterocycles. The minimum atomic E-state index is -1.74. The van der Waals surface area contributed by atoms with E-state index in [-0.39, 0.29) is 24.4 Å². The summed E-state index contributed by atoms with van der Waals surface area (Å²) >= 11 is 7.43. The lowest BCUT2D eigenvalue weighted by molar-refractivity contribution is 0.0230. The number of ether oxygens (including phenoxy) is 1. The number of carbonyl (C=O) groups excluding carboxylic acids is 1. The first-order chi connectivity index (χ1) is 14.1. The van der Waals surface area contributed by atoms with E-state index in [4.69, 9.17) is 22.1 Å². The summed E-state index contributed by atoms with van der Waals surface area (Å²) in [4.78, 5) is 15.0. The van der Waals surface area contributed by atoms with Crippen molar-refractivity contribution in [2.75, 3.05) is 13.1 Å². The number of hydrogen-bond acceptors (Lipinski definition) is 7. The number of halogens is 1. The lowest BCUT2D eigenvalue weighted by Gasteiger charge is -2.44. The molecule has 0 saturated carbocycles. The van der Waals surface area contributed by atoms with Crippen molar-refractivity contribution in [3.8, 4) is 18.2 Å². The van der Waals surface area contributed by atoms with E-state index in [1.165, 1.54) is 16.2 Å². The van der Waals surface area contributed by atoms with E-state index in [1.807, 2.05) is 12.1 Å². The number of rotatable bonds is 1. The number of nitrogens with zero attached hydrogens (tertiary/aromatic N) is 4. The second-order valence-electron chi connectivity index (χ2n) is 8.18.